The SMILES string of the molecule is CCc1cccc(CC)c1C(=O)C(C)[P+](=O)C(=O)c1c(C)cc(C(C)(C)C)cc1C. The van der Waals surface area contributed by atoms with Crippen LogP contribution >= 0.6 is 7.80 Å². The molecule has 4 heteroatoms. The Morgan fingerprint density at radius 3 is 1.80 bits per heavy atom. The number of rotatable bonds is 7. The van der Waals surface area contributed by atoms with Gasteiger partial charge < -0.3 is 0 Å². The van der Waals surface area contributed by atoms with Gasteiger partial charge in [-0.3, -0.25) is 4.79 Å². The summed E-state index contributed by atoms with van der Waals surface area (Å²) in [5.74, 6) is -0.194. The molecule has 160 valence electrons. The quantitative estimate of drug-likeness (QED) is 0.356. The van der Waals surface area contributed by atoms with E-state index in [4.69, 9.17) is 0 Å². The van der Waals surface area contributed by atoms with Crippen LogP contribution in [0, 0.1) is 13.8 Å². The molecule has 2 unspecified atom stereocenters. The molecule has 30 heavy (non-hydrogen) atoms. The van der Waals surface area contributed by atoms with Crippen LogP contribution in [-0.4, -0.2) is 17.0 Å². The van der Waals surface area contributed by atoms with E-state index in [0.717, 1.165) is 40.7 Å². The zero-order chi connectivity index (χ0) is 22.8. The molecule has 0 saturated carbocycles. The van der Waals surface area contributed by atoms with Gasteiger partial charge in [-0.05, 0) is 66.8 Å². The van der Waals surface area contributed by atoms with Crippen molar-refractivity contribution in [1.82, 2.24) is 0 Å². The molecule has 0 aliphatic rings. The standard InChI is InChI=1S/C26H34O3P/c1-9-19-12-11-13-20(10-2)23(19)24(27)18(5)30(29)25(28)22-16(3)14-21(15-17(22)4)26(6,7)8/h11-15,18H,9-10H2,1-8H3/q+1. The molecule has 0 aliphatic heterocycles. The lowest BCUT2D eigenvalue weighted by molar-refractivity contribution is 0.0981. The Kier molecular flexibility index (Phi) is 7.53. The van der Waals surface area contributed by atoms with E-state index in [1.54, 1.807) is 6.92 Å². The molecular formula is C26H34O3P+. The van der Waals surface area contributed by atoms with Crippen LogP contribution in [0.1, 0.15) is 90.1 Å². The fraction of sp³-hybridized carbons (Fsp3) is 0.462. The highest BCUT2D eigenvalue weighted by Gasteiger charge is 2.43. The molecule has 2 aromatic rings. The van der Waals surface area contributed by atoms with Crippen molar-refractivity contribution in [3.63, 3.8) is 0 Å². The third-order valence-electron chi connectivity index (χ3n) is 5.79. The largest absolute Gasteiger partial charge is 0.431 e. The molecule has 0 aromatic heterocycles. The number of carbonyl (C=O) groups excluding carboxylic acids is 2. The molecule has 2 aromatic carbocycles. The third kappa shape index (κ3) is 4.78. The average Bonchev–Trinajstić information content (AvgIpc) is 2.69. The van der Waals surface area contributed by atoms with Gasteiger partial charge in [0, 0.05) is 5.56 Å². The van der Waals surface area contributed by atoms with Crippen LogP contribution in [0.5, 0.6) is 0 Å². The van der Waals surface area contributed by atoms with Crippen molar-refractivity contribution in [2.45, 2.75) is 79.3 Å². The van der Waals surface area contributed by atoms with E-state index in [9.17, 15) is 14.2 Å². The van der Waals surface area contributed by atoms with Crippen LogP contribution < -0.4 is 0 Å². The Morgan fingerprint density at radius 1 is 0.933 bits per heavy atom. The summed E-state index contributed by atoms with van der Waals surface area (Å²) in [5.41, 5.74) is 4.48. The maximum absolute atomic E-state index is 13.3. The Hall–Kier alpha value is -2.12. The van der Waals surface area contributed by atoms with Gasteiger partial charge in [-0.25, -0.2) is 4.79 Å². The Labute approximate surface area is 182 Å². The predicted molar refractivity (Wildman–Crippen MR) is 126 cm³/mol. The van der Waals surface area contributed by atoms with Crippen molar-refractivity contribution in [3.05, 3.63) is 69.3 Å². The first kappa shape index (κ1) is 24.2. The molecule has 0 saturated heterocycles. The molecule has 0 spiro atoms. The highest BCUT2D eigenvalue weighted by Crippen LogP contribution is 2.38. The molecule has 0 radical (unpaired) electrons. The van der Waals surface area contributed by atoms with Crippen LogP contribution in [0.3, 0.4) is 0 Å². The minimum Gasteiger partial charge on any atom is -0.289 e. The van der Waals surface area contributed by atoms with E-state index in [1.165, 1.54) is 0 Å². The minimum atomic E-state index is -2.39. The van der Waals surface area contributed by atoms with Crippen molar-refractivity contribution in [1.29, 1.82) is 0 Å². The van der Waals surface area contributed by atoms with Crippen LogP contribution in [0.15, 0.2) is 30.3 Å². The van der Waals surface area contributed by atoms with Crippen LogP contribution in [0.25, 0.3) is 0 Å². The highest BCUT2D eigenvalue weighted by molar-refractivity contribution is 7.66. The Balaban J connectivity index is 2.43. The van der Waals surface area contributed by atoms with Crippen molar-refractivity contribution >= 4 is 19.1 Å². The smallest absolute Gasteiger partial charge is 0.289 e. The normalized spacial score (nSPS) is 13.1. The summed E-state index contributed by atoms with van der Waals surface area (Å²) >= 11 is 0. The maximum atomic E-state index is 13.3. The van der Waals surface area contributed by atoms with Gasteiger partial charge in [0.05, 0.1) is 5.56 Å². The molecule has 0 N–H and O–H groups in total. The van der Waals surface area contributed by atoms with Crippen molar-refractivity contribution in [2.24, 2.45) is 0 Å². The molecule has 0 amide bonds. The number of carbonyl (C=O) groups is 2. The first-order valence-corrected chi connectivity index (χ1v) is 12.0. The Bertz CT molecular complexity index is 951. The van der Waals surface area contributed by atoms with Gasteiger partial charge in [0.15, 0.2) is 0 Å². The first-order valence-electron chi connectivity index (χ1n) is 10.7. The van der Waals surface area contributed by atoms with Gasteiger partial charge in [0.25, 0.3) is 0 Å². The van der Waals surface area contributed by atoms with E-state index >= 15 is 0 Å². The fourth-order valence-electron chi connectivity index (χ4n) is 3.89. The molecule has 2 rings (SSSR count). The average molecular weight is 426 g/mol. The van der Waals surface area contributed by atoms with Crippen LogP contribution in [0.4, 0.5) is 0 Å². The van der Waals surface area contributed by atoms with Gasteiger partial charge in [-0.2, -0.15) is 0 Å². The number of hydrogen-bond donors (Lipinski definition) is 0. The van der Waals surface area contributed by atoms with Gasteiger partial charge >= 0.3 is 13.3 Å². The van der Waals surface area contributed by atoms with Gasteiger partial charge in [0.1, 0.15) is 0 Å². The second-order valence-corrected chi connectivity index (χ2v) is 10.9. The van der Waals surface area contributed by atoms with Crippen molar-refractivity contribution in [2.75, 3.05) is 0 Å². The van der Waals surface area contributed by atoms with Crippen LogP contribution in [-0.2, 0) is 22.8 Å². The van der Waals surface area contributed by atoms with E-state index < -0.39 is 19.0 Å². The van der Waals surface area contributed by atoms with E-state index in [2.05, 4.69) is 20.8 Å². The lowest BCUT2D eigenvalue weighted by atomic mass is 9.84. The summed E-state index contributed by atoms with van der Waals surface area (Å²) in [5, 5.41) is 0. The van der Waals surface area contributed by atoms with E-state index in [1.807, 2.05) is 58.0 Å². The molecule has 0 heterocycles. The third-order valence-corrected chi connectivity index (χ3v) is 7.35. The number of hydrogen-bond acceptors (Lipinski definition) is 3. The summed E-state index contributed by atoms with van der Waals surface area (Å²) in [6.07, 6.45) is 1.44. The number of ketones is 1. The predicted octanol–water partition coefficient (Wildman–Crippen LogP) is 6.96. The fourth-order valence-corrected chi connectivity index (χ4v) is 5.16. The molecule has 0 bridgehead atoms. The molecule has 3 nitrogen and oxygen atoms in total. The number of Topliss-reactive ketones (excluding diaryl/α,β-unsaturated/α-hetero) is 1. The lowest BCUT2D eigenvalue weighted by Crippen LogP contribution is -2.20. The lowest BCUT2D eigenvalue weighted by Gasteiger charge is -2.21. The monoisotopic (exact) mass is 425 g/mol. The zero-order valence-electron chi connectivity index (χ0n) is 19.6. The van der Waals surface area contributed by atoms with E-state index in [-0.39, 0.29) is 11.2 Å². The number of aryl methyl sites for hydroxylation is 4. The Morgan fingerprint density at radius 2 is 1.40 bits per heavy atom. The minimum absolute atomic E-state index is 0.0387. The van der Waals surface area contributed by atoms with Gasteiger partial charge in [0.2, 0.25) is 11.4 Å². The molecule has 0 fully saturated rings. The van der Waals surface area contributed by atoms with Gasteiger partial charge in [-0.1, -0.05) is 69.5 Å². The molecule has 0 aliphatic carbocycles. The number of benzene rings is 2. The maximum Gasteiger partial charge on any atom is 0.431 e. The topological polar surface area (TPSA) is 51.2 Å². The van der Waals surface area contributed by atoms with Gasteiger partial charge in [-0.15, -0.1) is 0 Å². The van der Waals surface area contributed by atoms with Crippen LogP contribution in [0.2, 0.25) is 0 Å². The summed E-state index contributed by atoms with van der Waals surface area (Å²) in [6, 6.07) is 9.82. The van der Waals surface area contributed by atoms with E-state index in [0.29, 0.717) is 11.1 Å². The second kappa shape index (κ2) is 9.35. The zero-order valence-corrected chi connectivity index (χ0v) is 20.4. The molecular weight excluding hydrogens is 391 g/mol. The summed E-state index contributed by atoms with van der Waals surface area (Å²) in [6.45, 7) is 15.8. The summed E-state index contributed by atoms with van der Waals surface area (Å²) < 4.78 is 13.2. The second-order valence-electron chi connectivity index (χ2n) is 9.06. The summed E-state index contributed by atoms with van der Waals surface area (Å²) in [7, 11) is -2.39. The first-order chi connectivity index (χ1) is 13.9. The van der Waals surface area contributed by atoms with Crippen molar-refractivity contribution < 1.29 is 14.2 Å². The summed E-state index contributed by atoms with van der Waals surface area (Å²) in [4.78, 5) is 26.5. The highest BCUT2D eigenvalue weighted by atomic mass is 31.1. The molecule has 2 atom stereocenters. The van der Waals surface area contributed by atoms with Crippen molar-refractivity contribution in [3.8, 4) is 0 Å².